The van der Waals surface area contributed by atoms with Gasteiger partial charge < -0.3 is 30.2 Å². The van der Waals surface area contributed by atoms with Crippen LogP contribution in [0.3, 0.4) is 0 Å². The van der Waals surface area contributed by atoms with E-state index in [1.165, 1.54) is 7.05 Å². The summed E-state index contributed by atoms with van der Waals surface area (Å²) in [4.78, 5) is 44.9. The Morgan fingerprint density at radius 1 is 1.12 bits per heavy atom. The number of Topliss-reactive ketones (excluding diaryl/α,β-unsaturated/α-hetero) is 1. The van der Waals surface area contributed by atoms with Crippen molar-refractivity contribution in [3.05, 3.63) is 76.5 Å². The number of fused-ring (bicyclic) bond motifs is 4. The van der Waals surface area contributed by atoms with E-state index in [1.807, 2.05) is 56.3 Å². The monoisotopic (exact) mass is 572 g/mol. The van der Waals surface area contributed by atoms with Crippen LogP contribution in [0.1, 0.15) is 79.0 Å². The first kappa shape index (κ1) is 28.0. The van der Waals surface area contributed by atoms with Crippen molar-refractivity contribution in [3.63, 3.8) is 0 Å². The highest BCUT2D eigenvalue weighted by atomic mass is 16.5. The predicted octanol–water partition coefficient (Wildman–Crippen LogP) is 3.47. The van der Waals surface area contributed by atoms with E-state index < -0.39 is 35.6 Å². The Bertz CT molecular complexity index is 1580. The van der Waals surface area contributed by atoms with Crippen molar-refractivity contribution in [2.24, 2.45) is 17.8 Å². The minimum atomic E-state index is -1.16. The van der Waals surface area contributed by atoms with Crippen molar-refractivity contribution in [3.8, 4) is 5.75 Å². The molecular formula is C32H36N4O6. The van der Waals surface area contributed by atoms with Crippen molar-refractivity contribution in [1.82, 2.24) is 15.6 Å². The molecule has 1 aromatic heterocycles. The molecule has 3 aromatic rings. The number of para-hydroxylation sites is 1. The Morgan fingerprint density at radius 3 is 2.60 bits per heavy atom. The molecule has 4 heterocycles. The number of aliphatic hydroxyl groups excluding tert-OH is 1. The fourth-order valence-electron chi connectivity index (χ4n) is 6.42. The molecule has 4 N–H and O–H groups in total. The maximum Gasteiger partial charge on any atom is 0.273 e. The summed E-state index contributed by atoms with van der Waals surface area (Å²) >= 11 is 0. The molecule has 10 heteroatoms. The lowest BCUT2D eigenvalue weighted by Crippen LogP contribution is -2.41. The second-order valence-electron chi connectivity index (χ2n) is 12.1. The van der Waals surface area contributed by atoms with E-state index in [0.717, 1.165) is 22.4 Å². The molecule has 5 atom stereocenters. The Kier molecular flexibility index (Phi) is 6.84. The Labute approximate surface area is 244 Å². The van der Waals surface area contributed by atoms with Gasteiger partial charge in [-0.1, -0.05) is 58.0 Å². The van der Waals surface area contributed by atoms with Gasteiger partial charge in [0.2, 0.25) is 11.8 Å². The maximum atomic E-state index is 13.8. The number of ether oxygens (including phenoxy) is 1. The lowest BCUT2D eigenvalue weighted by Gasteiger charge is -2.28. The summed E-state index contributed by atoms with van der Waals surface area (Å²) in [6.07, 6.45) is -1.63. The largest absolute Gasteiger partial charge is 0.469 e. The first-order chi connectivity index (χ1) is 20.1. The zero-order chi connectivity index (χ0) is 29.9. The minimum Gasteiger partial charge on any atom is -0.469 e. The van der Waals surface area contributed by atoms with Gasteiger partial charge >= 0.3 is 0 Å². The zero-order valence-corrected chi connectivity index (χ0v) is 24.4. The van der Waals surface area contributed by atoms with Gasteiger partial charge in [0, 0.05) is 30.6 Å². The number of carbonyl (C=O) groups excluding carboxylic acids is 3. The molecule has 2 unspecified atom stereocenters. The molecule has 2 amide bonds. The summed E-state index contributed by atoms with van der Waals surface area (Å²) in [6.45, 7) is 7.39. The zero-order valence-electron chi connectivity index (χ0n) is 24.4. The average Bonchev–Trinajstić information content (AvgIpc) is 3.63. The van der Waals surface area contributed by atoms with Gasteiger partial charge in [0.1, 0.15) is 23.3 Å². The van der Waals surface area contributed by atoms with Crippen molar-refractivity contribution in [2.45, 2.75) is 64.3 Å². The molecule has 1 spiro atoms. The third kappa shape index (κ3) is 4.19. The molecule has 0 fully saturated rings. The molecule has 4 bridgehead atoms. The molecule has 10 nitrogen and oxygen atoms in total. The number of anilines is 1. The molecule has 42 heavy (non-hydrogen) atoms. The molecule has 0 aliphatic carbocycles. The number of aliphatic hydroxyl groups is 1. The molecule has 0 saturated heterocycles. The summed E-state index contributed by atoms with van der Waals surface area (Å²) in [5.41, 5.74) is 2.41. The standard InChI is InChI=1S/C32H36N4O6/c1-15(2)24-30-36-25(29(40)33-5)27(42-30)32-19-8-6-7-9-21(19)34-31(32)41-23-11-10-17(13-20(23)32)12-18(28(39)35-24)14-22(37)26(38)16(3)4/h6-11,13,15-16,18,24,26,31,34,38H,12,14H2,1-5H3,(H,33,40)(H,35,39)/t18?,24-,26-,31-,32?/m0/s1. The number of benzene rings is 2. The number of amides is 2. The van der Waals surface area contributed by atoms with E-state index in [2.05, 4.69) is 16.0 Å². The quantitative estimate of drug-likeness (QED) is 0.352. The van der Waals surface area contributed by atoms with Gasteiger partial charge in [-0.05, 0) is 41.5 Å². The fourth-order valence-corrected chi connectivity index (χ4v) is 6.42. The van der Waals surface area contributed by atoms with E-state index in [0.29, 0.717) is 11.5 Å². The van der Waals surface area contributed by atoms with Gasteiger partial charge in [0.25, 0.3) is 5.91 Å². The van der Waals surface area contributed by atoms with Crippen LogP contribution in [-0.4, -0.2) is 47.1 Å². The molecule has 0 saturated carbocycles. The maximum absolute atomic E-state index is 13.8. The first-order valence-corrected chi connectivity index (χ1v) is 14.5. The Balaban J connectivity index is 1.60. The average molecular weight is 573 g/mol. The van der Waals surface area contributed by atoms with Gasteiger partial charge in [-0.15, -0.1) is 0 Å². The number of hydrogen-bond acceptors (Lipinski definition) is 8. The van der Waals surface area contributed by atoms with Crippen molar-refractivity contribution in [2.75, 3.05) is 12.4 Å². The van der Waals surface area contributed by atoms with Crippen LogP contribution in [0.5, 0.6) is 5.75 Å². The second-order valence-corrected chi connectivity index (χ2v) is 12.1. The van der Waals surface area contributed by atoms with Crippen molar-refractivity contribution >= 4 is 23.3 Å². The van der Waals surface area contributed by atoms with Gasteiger partial charge in [0.15, 0.2) is 23.5 Å². The topological polar surface area (TPSA) is 143 Å². The van der Waals surface area contributed by atoms with Crippen molar-refractivity contribution < 1.29 is 28.6 Å². The van der Waals surface area contributed by atoms with Crippen LogP contribution in [0.4, 0.5) is 5.69 Å². The van der Waals surface area contributed by atoms with Gasteiger partial charge in [0.05, 0.1) is 0 Å². The SMILES string of the molecule is CNC(=O)c1nc2oc1C13c4ccccc4N[C@H]1Oc1ccc(cc13)CC(CC(=O)[C@@H](O)C(C)C)C(=O)N[C@H]2C(C)C. The third-order valence-corrected chi connectivity index (χ3v) is 8.68. The number of nitrogens with one attached hydrogen (secondary N) is 3. The highest BCUT2D eigenvalue weighted by Crippen LogP contribution is 2.58. The number of oxazole rings is 1. The molecule has 3 aliphatic rings. The number of ketones is 1. The van der Waals surface area contributed by atoms with E-state index >= 15 is 0 Å². The van der Waals surface area contributed by atoms with Gasteiger partial charge in [-0.3, -0.25) is 14.4 Å². The van der Waals surface area contributed by atoms with E-state index in [-0.39, 0.29) is 48.0 Å². The first-order valence-electron chi connectivity index (χ1n) is 14.5. The van der Waals surface area contributed by atoms with E-state index in [9.17, 15) is 19.5 Å². The summed E-state index contributed by atoms with van der Waals surface area (Å²) in [6, 6.07) is 12.9. The molecule has 2 aromatic carbocycles. The highest BCUT2D eigenvalue weighted by molar-refractivity contribution is 5.95. The van der Waals surface area contributed by atoms with Crippen LogP contribution in [0.2, 0.25) is 0 Å². The number of carbonyl (C=O) groups is 3. The second kappa shape index (κ2) is 10.3. The molecule has 6 rings (SSSR count). The van der Waals surface area contributed by atoms with E-state index in [1.54, 1.807) is 13.8 Å². The molecule has 0 radical (unpaired) electrons. The summed E-state index contributed by atoms with van der Waals surface area (Å²) < 4.78 is 13.1. The molecule has 3 aliphatic heterocycles. The number of aromatic nitrogens is 1. The number of nitrogens with zero attached hydrogens (tertiary/aromatic N) is 1. The Hall–Kier alpha value is -4.18. The van der Waals surface area contributed by atoms with Crippen molar-refractivity contribution in [1.29, 1.82) is 0 Å². The van der Waals surface area contributed by atoms with E-state index in [4.69, 9.17) is 14.1 Å². The predicted molar refractivity (Wildman–Crippen MR) is 154 cm³/mol. The van der Waals surface area contributed by atoms with Gasteiger partial charge in [-0.2, -0.15) is 0 Å². The summed E-state index contributed by atoms with van der Waals surface area (Å²) in [7, 11) is 1.54. The fraction of sp³-hybridized carbons (Fsp3) is 0.438. The normalized spacial score (nSPS) is 24.5. The summed E-state index contributed by atoms with van der Waals surface area (Å²) in [5, 5.41) is 19.7. The Morgan fingerprint density at radius 2 is 1.88 bits per heavy atom. The smallest absolute Gasteiger partial charge is 0.273 e. The van der Waals surface area contributed by atoms with Crippen LogP contribution in [0.25, 0.3) is 0 Å². The molecule has 220 valence electrons. The van der Waals surface area contributed by atoms with Crippen LogP contribution < -0.4 is 20.7 Å². The van der Waals surface area contributed by atoms with Crippen LogP contribution in [0.15, 0.2) is 46.9 Å². The van der Waals surface area contributed by atoms with Crippen LogP contribution in [0, 0.1) is 17.8 Å². The number of hydrogen-bond donors (Lipinski definition) is 4. The van der Waals surface area contributed by atoms with Crippen LogP contribution in [-0.2, 0) is 21.4 Å². The molecular weight excluding hydrogens is 536 g/mol. The number of rotatable bonds is 6. The third-order valence-electron chi connectivity index (χ3n) is 8.68. The minimum absolute atomic E-state index is 0.115. The highest BCUT2D eigenvalue weighted by Gasteiger charge is 2.61. The summed E-state index contributed by atoms with van der Waals surface area (Å²) in [5.74, 6) is -1.18. The van der Waals surface area contributed by atoms with Crippen LogP contribution >= 0.6 is 0 Å². The lowest BCUT2D eigenvalue weighted by atomic mass is 9.72. The van der Waals surface area contributed by atoms with Gasteiger partial charge in [-0.25, -0.2) is 4.98 Å². The lowest BCUT2D eigenvalue weighted by molar-refractivity contribution is -0.135.